The highest BCUT2D eigenvalue weighted by Crippen LogP contribution is 2.22. The minimum absolute atomic E-state index is 0.133. The summed E-state index contributed by atoms with van der Waals surface area (Å²) in [6, 6.07) is 3.76. The first-order valence-electron chi connectivity index (χ1n) is 6.34. The summed E-state index contributed by atoms with van der Waals surface area (Å²) < 4.78 is 1.56. The van der Waals surface area contributed by atoms with E-state index in [2.05, 4.69) is 9.97 Å². The fraction of sp³-hybridized carbons (Fsp3) is 0.133. The normalized spacial score (nSPS) is 11.6. The van der Waals surface area contributed by atoms with E-state index >= 15 is 0 Å². The minimum Gasteiger partial charge on any atom is -0.267 e. The molecule has 21 heavy (non-hydrogen) atoms. The number of rotatable bonds is 2. The van der Waals surface area contributed by atoms with Crippen molar-refractivity contribution in [1.29, 1.82) is 0 Å². The largest absolute Gasteiger partial charge is 0.278 e. The summed E-state index contributed by atoms with van der Waals surface area (Å²) >= 11 is 7.65. The van der Waals surface area contributed by atoms with E-state index in [-0.39, 0.29) is 10.6 Å². The van der Waals surface area contributed by atoms with Gasteiger partial charge in [0.2, 0.25) is 0 Å². The Kier molecular flexibility index (Phi) is 3.61. The van der Waals surface area contributed by atoms with Gasteiger partial charge >= 0.3 is 0 Å². The molecule has 0 saturated heterocycles. The Balaban J connectivity index is 2.14. The number of hydrogen-bond acceptors (Lipinski definition) is 4. The summed E-state index contributed by atoms with van der Waals surface area (Å²) in [5.41, 5.74) is 2.06. The molecule has 3 rings (SSSR count). The van der Waals surface area contributed by atoms with Gasteiger partial charge in [0.1, 0.15) is 5.02 Å². The van der Waals surface area contributed by atoms with Crippen molar-refractivity contribution in [2.75, 3.05) is 0 Å². The molecule has 0 aliphatic heterocycles. The molecule has 0 N–H and O–H groups in total. The lowest BCUT2D eigenvalue weighted by molar-refractivity contribution is 1.01. The Hall–Kier alpha value is -1.98. The van der Waals surface area contributed by atoms with E-state index in [1.54, 1.807) is 22.9 Å². The van der Waals surface area contributed by atoms with Crippen LogP contribution < -0.4 is 5.56 Å². The number of nitrogens with zero attached hydrogens (tertiary/aromatic N) is 3. The molecule has 0 spiro atoms. The number of pyridine rings is 1. The third kappa shape index (κ3) is 2.50. The second kappa shape index (κ2) is 5.42. The third-order valence-electron chi connectivity index (χ3n) is 3.23. The third-order valence-corrected chi connectivity index (χ3v) is 4.64. The molecule has 0 radical (unpaired) electrons. The molecule has 0 atom stereocenters. The van der Waals surface area contributed by atoms with Gasteiger partial charge in [0.15, 0.2) is 4.96 Å². The lowest BCUT2D eigenvalue weighted by Crippen LogP contribution is -2.16. The smallest absolute Gasteiger partial charge is 0.267 e. The van der Waals surface area contributed by atoms with Gasteiger partial charge in [-0.15, -0.1) is 11.3 Å². The molecule has 3 heterocycles. The van der Waals surface area contributed by atoms with Crippen LogP contribution in [-0.4, -0.2) is 14.4 Å². The van der Waals surface area contributed by atoms with Crippen molar-refractivity contribution in [3.63, 3.8) is 0 Å². The second-order valence-electron chi connectivity index (χ2n) is 4.60. The Bertz CT molecular complexity index is 897. The van der Waals surface area contributed by atoms with Gasteiger partial charge in [0.05, 0.1) is 5.69 Å². The highest BCUT2D eigenvalue weighted by atomic mass is 35.5. The van der Waals surface area contributed by atoms with Gasteiger partial charge in [-0.25, -0.2) is 4.98 Å². The molecule has 0 aliphatic rings. The first-order chi connectivity index (χ1) is 10.1. The molecule has 0 fully saturated rings. The average Bonchev–Trinajstić information content (AvgIpc) is 2.77. The van der Waals surface area contributed by atoms with Gasteiger partial charge in [0.25, 0.3) is 5.56 Å². The number of aromatic nitrogens is 3. The first-order valence-corrected chi connectivity index (χ1v) is 7.53. The van der Waals surface area contributed by atoms with Crippen molar-refractivity contribution in [3.8, 4) is 0 Å². The molecule has 0 amide bonds. The van der Waals surface area contributed by atoms with Crippen molar-refractivity contribution in [2.45, 2.75) is 13.8 Å². The van der Waals surface area contributed by atoms with Gasteiger partial charge in [-0.1, -0.05) is 23.7 Å². The highest BCUT2D eigenvalue weighted by Gasteiger charge is 2.13. The van der Waals surface area contributed by atoms with Crippen molar-refractivity contribution in [1.82, 2.24) is 14.4 Å². The summed E-state index contributed by atoms with van der Waals surface area (Å²) in [6.07, 6.45) is 7.02. The van der Waals surface area contributed by atoms with E-state index in [1.807, 2.05) is 32.1 Å². The number of thiazole rings is 1. The van der Waals surface area contributed by atoms with Crippen LogP contribution in [-0.2, 0) is 0 Å². The van der Waals surface area contributed by atoms with Crippen LogP contribution in [0.5, 0.6) is 0 Å². The Morgan fingerprint density at radius 3 is 2.86 bits per heavy atom. The maximum atomic E-state index is 12.3. The monoisotopic (exact) mass is 317 g/mol. The maximum Gasteiger partial charge on any atom is 0.278 e. The Morgan fingerprint density at radius 2 is 2.14 bits per heavy atom. The minimum atomic E-state index is -0.227. The second-order valence-corrected chi connectivity index (χ2v) is 6.16. The van der Waals surface area contributed by atoms with Crippen LogP contribution >= 0.6 is 22.9 Å². The Morgan fingerprint density at radius 1 is 1.33 bits per heavy atom. The van der Waals surface area contributed by atoms with Crippen LogP contribution in [0.15, 0.2) is 29.3 Å². The van der Waals surface area contributed by atoms with Crippen LogP contribution in [0.2, 0.25) is 5.02 Å². The fourth-order valence-electron chi connectivity index (χ4n) is 1.99. The van der Waals surface area contributed by atoms with E-state index in [9.17, 15) is 4.79 Å². The van der Waals surface area contributed by atoms with Crippen molar-refractivity contribution in [2.24, 2.45) is 0 Å². The van der Waals surface area contributed by atoms with Crippen LogP contribution in [0.1, 0.15) is 21.8 Å². The molecule has 0 aliphatic carbocycles. The van der Waals surface area contributed by atoms with Crippen LogP contribution in [0.25, 0.3) is 17.1 Å². The molecule has 0 unspecified atom stereocenters. The van der Waals surface area contributed by atoms with Gasteiger partial charge in [-0.05, 0) is 31.6 Å². The molecule has 0 aromatic carbocycles. The predicted octanol–water partition coefficient (Wildman–Crippen LogP) is 3.59. The quantitative estimate of drug-likeness (QED) is 0.725. The first kappa shape index (κ1) is 14.0. The topological polar surface area (TPSA) is 47.3 Å². The van der Waals surface area contributed by atoms with Crippen LogP contribution in [0.4, 0.5) is 0 Å². The SMILES string of the molecule is Cc1sc2nc(/C=C/c3cccnc3)c(Cl)c(=O)n2c1C. The van der Waals surface area contributed by atoms with E-state index < -0.39 is 0 Å². The molecule has 6 heteroatoms. The predicted molar refractivity (Wildman–Crippen MR) is 87.0 cm³/mol. The number of hydrogen-bond donors (Lipinski definition) is 0. The van der Waals surface area contributed by atoms with Crippen LogP contribution in [0, 0.1) is 13.8 Å². The molecule has 4 nitrogen and oxygen atoms in total. The summed E-state index contributed by atoms with van der Waals surface area (Å²) in [7, 11) is 0. The molecule has 0 saturated carbocycles. The standard InChI is InChI=1S/C15H12ClN3OS/c1-9-10(2)21-15-18-12(13(16)14(20)19(9)15)6-5-11-4-3-7-17-8-11/h3-8H,1-2H3/b6-5+. The number of aryl methyl sites for hydroxylation is 2. The highest BCUT2D eigenvalue weighted by molar-refractivity contribution is 7.17. The molecule has 3 aromatic rings. The zero-order valence-electron chi connectivity index (χ0n) is 11.5. The van der Waals surface area contributed by atoms with Crippen LogP contribution in [0.3, 0.4) is 0 Å². The van der Waals surface area contributed by atoms with E-state index in [1.165, 1.54) is 11.3 Å². The Labute approximate surface area is 130 Å². The molecule has 106 valence electrons. The van der Waals surface area contributed by atoms with Gasteiger partial charge in [-0.2, -0.15) is 0 Å². The van der Waals surface area contributed by atoms with Gasteiger partial charge < -0.3 is 0 Å². The summed E-state index contributed by atoms with van der Waals surface area (Å²) in [5, 5.41) is 0.133. The van der Waals surface area contributed by atoms with E-state index in [0.717, 1.165) is 16.1 Å². The van der Waals surface area contributed by atoms with Crippen molar-refractivity contribution < 1.29 is 0 Å². The summed E-state index contributed by atoms with van der Waals surface area (Å²) in [5.74, 6) is 0. The van der Waals surface area contributed by atoms with E-state index in [4.69, 9.17) is 11.6 Å². The molecule has 3 aromatic heterocycles. The lowest BCUT2D eigenvalue weighted by atomic mass is 10.2. The fourth-order valence-corrected chi connectivity index (χ4v) is 3.15. The van der Waals surface area contributed by atoms with Gasteiger partial charge in [-0.3, -0.25) is 14.2 Å². The average molecular weight is 318 g/mol. The zero-order valence-corrected chi connectivity index (χ0v) is 13.1. The zero-order chi connectivity index (χ0) is 15.0. The summed E-state index contributed by atoms with van der Waals surface area (Å²) in [6.45, 7) is 3.86. The van der Waals surface area contributed by atoms with Crippen molar-refractivity contribution >= 4 is 40.1 Å². The maximum absolute atomic E-state index is 12.3. The molecular formula is C15H12ClN3OS. The summed E-state index contributed by atoms with van der Waals surface area (Å²) in [4.78, 5) is 22.6. The van der Waals surface area contributed by atoms with E-state index in [0.29, 0.717) is 10.7 Å². The lowest BCUT2D eigenvalue weighted by Gasteiger charge is -2.00. The number of halogens is 1. The number of fused-ring (bicyclic) bond motifs is 1. The van der Waals surface area contributed by atoms with Crippen molar-refractivity contribution in [3.05, 3.63) is 61.7 Å². The molecule has 0 bridgehead atoms. The van der Waals surface area contributed by atoms with Gasteiger partial charge in [0, 0.05) is 23.0 Å². The molecular weight excluding hydrogens is 306 g/mol.